The van der Waals surface area contributed by atoms with Gasteiger partial charge in [-0.3, -0.25) is 9.78 Å². The fourth-order valence-corrected chi connectivity index (χ4v) is 3.46. The van der Waals surface area contributed by atoms with Crippen molar-refractivity contribution in [1.82, 2.24) is 25.3 Å². The van der Waals surface area contributed by atoms with Gasteiger partial charge >= 0.3 is 0 Å². The van der Waals surface area contributed by atoms with Crippen molar-refractivity contribution in [3.63, 3.8) is 0 Å². The Bertz CT molecular complexity index is 959. The number of carbonyl (C=O) groups excluding carboxylic acids is 1. The van der Waals surface area contributed by atoms with Gasteiger partial charge in [0.05, 0.1) is 22.4 Å². The van der Waals surface area contributed by atoms with Crippen molar-refractivity contribution in [2.24, 2.45) is 11.7 Å². The van der Waals surface area contributed by atoms with E-state index in [1.54, 1.807) is 10.9 Å². The van der Waals surface area contributed by atoms with Crippen molar-refractivity contribution in [1.29, 1.82) is 0 Å². The van der Waals surface area contributed by atoms with Gasteiger partial charge < -0.3 is 11.1 Å². The molecule has 3 N–H and O–H groups in total. The van der Waals surface area contributed by atoms with Crippen LogP contribution in [-0.4, -0.2) is 38.0 Å². The third kappa shape index (κ3) is 3.83. The van der Waals surface area contributed by atoms with E-state index in [0.29, 0.717) is 23.9 Å². The summed E-state index contributed by atoms with van der Waals surface area (Å²) in [7, 11) is 0. The topological polar surface area (TPSA) is 98.7 Å². The molecule has 27 heavy (non-hydrogen) atoms. The maximum atomic E-state index is 12.8. The quantitative estimate of drug-likeness (QED) is 0.699. The second-order valence-electron chi connectivity index (χ2n) is 7.60. The van der Waals surface area contributed by atoms with Crippen LogP contribution in [0.2, 0.25) is 0 Å². The third-order valence-corrected chi connectivity index (χ3v) is 4.69. The van der Waals surface area contributed by atoms with Crippen LogP contribution in [0.25, 0.3) is 16.6 Å². The van der Waals surface area contributed by atoms with Crippen LogP contribution in [0.4, 0.5) is 0 Å². The average Bonchev–Trinajstić information content (AvgIpc) is 3.02. The summed E-state index contributed by atoms with van der Waals surface area (Å²) in [5.41, 5.74) is 8.12. The van der Waals surface area contributed by atoms with E-state index in [2.05, 4.69) is 34.5 Å². The monoisotopic (exact) mass is 366 g/mol. The molecule has 0 aliphatic carbocycles. The summed E-state index contributed by atoms with van der Waals surface area (Å²) >= 11 is 0. The molecule has 1 atom stereocenters. The van der Waals surface area contributed by atoms with Crippen LogP contribution in [0.15, 0.2) is 36.5 Å². The van der Waals surface area contributed by atoms with Gasteiger partial charge in [0.15, 0.2) is 5.69 Å². The molecule has 0 aliphatic rings. The van der Waals surface area contributed by atoms with Crippen LogP contribution < -0.4 is 11.1 Å². The van der Waals surface area contributed by atoms with Crippen LogP contribution in [0.5, 0.6) is 0 Å². The molecule has 3 rings (SSSR count). The van der Waals surface area contributed by atoms with E-state index in [4.69, 9.17) is 5.73 Å². The number of rotatable bonds is 6. The molecule has 1 unspecified atom stereocenters. The van der Waals surface area contributed by atoms with Gasteiger partial charge in [0.25, 0.3) is 5.91 Å². The Morgan fingerprint density at radius 3 is 2.78 bits per heavy atom. The van der Waals surface area contributed by atoms with Crippen molar-refractivity contribution < 1.29 is 4.79 Å². The average molecular weight is 366 g/mol. The summed E-state index contributed by atoms with van der Waals surface area (Å²) in [5, 5.41) is 12.3. The first kappa shape index (κ1) is 19.0. The van der Waals surface area contributed by atoms with Gasteiger partial charge in [-0.2, -0.15) is 0 Å². The number of pyridine rings is 1. The van der Waals surface area contributed by atoms with Crippen LogP contribution in [-0.2, 0) is 0 Å². The van der Waals surface area contributed by atoms with E-state index in [9.17, 15) is 4.79 Å². The fraction of sp³-hybridized carbons (Fsp3) is 0.400. The fourth-order valence-electron chi connectivity index (χ4n) is 3.46. The molecule has 7 heteroatoms. The van der Waals surface area contributed by atoms with Gasteiger partial charge in [-0.25, -0.2) is 4.68 Å². The Hall–Kier alpha value is -2.80. The zero-order valence-corrected chi connectivity index (χ0v) is 16.2. The Balaban J connectivity index is 1.94. The third-order valence-electron chi connectivity index (χ3n) is 4.69. The van der Waals surface area contributed by atoms with Crippen molar-refractivity contribution in [2.75, 3.05) is 6.54 Å². The second kappa shape index (κ2) is 7.44. The molecule has 3 aromatic rings. The van der Waals surface area contributed by atoms with E-state index < -0.39 is 5.54 Å². The lowest BCUT2D eigenvalue weighted by molar-refractivity contribution is 0.0892. The van der Waals surface area contributed by atoms with E-state index in [1.165, 1.54) is 0 Å². The Kier molecular flexibility index (Phi) is 5.23. The van der Waals surface area contributed by atoms with Crippen LogP contribution >= 0.6 is 0 Å². The summed E-state index contributed by atoms with van der Waals surface area (Å²) in [6.45, 7) is 8.37. The highest BCUT2D eigenvalue weighted by Gasteiger charge is 2.28. The second-order valence-corrected chi connectivity index (χ2v) is 7.60. The number of nitrogens with one attached hydrogen (secondary N) is 1. The first-order valence-electron chi connectivity index (χ1n) is 9.13. The number of nitrogens with two attached hydrogens (primary N) is 1. The van der Waals surface area contributed by atoms with Crippen molar-refractivity contribution in [3.8, 4) is 5.69 Å². The molecule has 0 aliphatic heterocycles. The highest BCUT2D eigenvalue weighted by molar-refractivity contribution is 5.94. The predicted octanol–water partition coefficient (Wildman–Crippen LogP) is 2.62. The van der Waals surface area contributed by atoms with Gasteiger partial charge in [0.1, 0.15) is 0 Å². The number of hydrogen-bond acceptors (Lipinski definition) is 5. The van der Waals surface area contributed by atoms with Crippen molar-refractivity contribution in [3.05, 3.63) is 47.9 Å². The smallest absolute Gasteiger partial charge is 0.274 e. The van der Waals surface area contributed by atoms with Gasteiger partial charge in [0, 0.05) is 18.1 Å². The maximum absolute atomic E-state index is 12.8. The lowest BCUT2D eigenvalue weighted by Crippen LogP contribution is -2.52. The van der Waals surface area contributed by atoms with Crippen LogP contribution in [0, 0.1) is 12.8 Å². The van der Waals surface area contributed by atoms with E-state index in [1.807, 2.05) is 44.2 Å². The minimum absolute atomic E-state index is 0.259. The molecule has 0 spiro atoms. The molecule has 7 nitrogen and oxygen atoms in total. The highest BCUT2D eigenvalue weighted by Crippen LogP contribution is 2.22. The molecule has 2 heterocycles. The number of aromatic nitrogens is 4. The summed E-state index contributed by atoms with van der Waals surface area (Å²) < 4.78 is 1.68. The molecule has 1 amide bonds. The lowest BCUT2D eigenvalue weighted by atomic mass is 9.90. The minimum Gasteiger partial charge on any atom is -0.344 e. The minimum atomic E-state index is -0.481. The van der Waals surface area contributed by atoms with Gasteiger partial charge in [-0.05, 0) is 50.5 Å². The maximum Gasteiger partial charge on any atom is 0.274 e. The molecular formula is C20H26N6O. The highest BCUT2D eigenvalue weighted by atomic mass is 16.2. The number of nitrogens with zero attached hydrogens (tertiary/aromatic N) is 4. The van der Waals surface area contributed by atoms with Crippen molar-refractivity contribution >= 4 is 16.8 Å². The standard InChI is InChI=1S/C20H26N6O/c1-13(2)11-20(4,12-21)23-19(27)18-14(3)26(25-24-18)17-9-5-8-16-15(17)7-6-10-22-16/h5-10,13H,11-12,21H2,1-4H3,(H,23,27). The molecule has 142 valence electrons. The molecule has 1 aromatic carbocycles. The zero-order valence-electron chi connectivity index (χ0n) is 16.2. The summed E-state index contributed by atoms with van der Waals surface area (Å²) in [6, 6.07) is 9.66. The zero-order chi connectivity index (χ0) is 19.6. The predicted molar refractivity (Wildman–Crippen MR) is 106 cm³/mol. The number of benzene rings is 1. The first-order valence-corrected chi connectivity index (χ1v) is 9.13. The summed E-state index contributed by atoms with van der Waals surface area (Å²) in [6.07, 6.45) is 2.54. The van der Waals surface area contributed by atoms with Gasteiger partial charge in [-0.1, -0.05) is 25.1 Å². The van der Waals surface area contributed by atoms with Crippen LogP contribution in [0.1, 0.15) is 43.4 Å². The largest absolute Gasteiger partial charge is 0.344 e. The van der Waals surface area contributed by atoms with Crippen molar-refractivity contribution in [2.45, 2.75) is 39.7 Å². The van der Waals surface area contributed by atoms with E-state index >= 15 is 0 Å². The lowest BCUT2D eigenvalue weighted by Gasteiger charge is -2.30. The molecule has 0 bridgehead atoms. The van der Waals surface area contributed by atoms with Gasteiger partial charge in [0.2, 0.25) is 0 Å². The van der Waals surface area contributed by atoms with Crippen LogP contribution in [0.3, 0.4) is 0 Å². The van der Waals surface area contributed by atoms with E-state index in [-0.39, 0.29) is 5.91 Å². The number of carbonyl (C=O) groups is 1. The van der Waals surface area contributed by atoms with E-state index in [0.717, 1.165) is 23.0 Å². The SMILES string of the molecule is Cc1c(C(=O)NC(C)(CN)CC(C)C)nnn1-c1cccc2ncccc12. The number of hydrogen-bond donors (Lipinski definition) is 2. The Morgan fingerprint density at radius 2 is 2.07 bits per heavy atom. The Labute approximate surface area is 159 Å². The molecule has 2 aromatic heterocycles. The molecular weight excluding hydrogens is 340 g/mol. The normalized spacial score (nSPS) is 13.7. The number of fused-ring (bicyclic) bond motifs is 1. The summed E-state index contributed by atoms with van der Waals surface area (Å²) in [4.78, 5) is 17.2. The summed E-state index contributed by atoms with van der Waals surface area (Å²) in [5.74, 6) is 0.157. The molecule has 0 fully saturated rings. The molecule has 0 saturated carbocycles. The number of amides is 1. The molecule has 0 radical (unpaired) electrons. The van der Waals surface area contributed by atoms with Gasteiger partial charge in [-0.15, -0.1) is 5.10 Å². The molecule has 0 saturated heterocycles. The Morgan fingerprint density at radius 1 is 1.30 bits per heavy atom. The first-order chi connectivity index (χ1) is 12.8.